The molecule has 0 aliphatic carbocycles. The molecule has 7 nitrogen and oxygen atoms in total. The Hall–Kier alpha value is -1.63. The summed E-state index contributed by atoms with van der Waals surface area (Å²) in [6.45, 7) is 7.81. The van der Waals surface area contributed by atoms with Crippen LogP contribution in [0.25, 0.3) is 0 Å². The summed E-state index contributed by atoms with van der Waals surface area (Å²) in [5.74, 6) is 2.17. The molecule has 2 atom stereocenters. The molecule has 0 aromatic carbocycles. The second kappa shape index (κ2) is 6.01. The third kappa shape index (κ3) is 3.02. The number of aromatic nitrogens is 3. The highest BCUT2D eigenvalue weighted by Gasteiger charge is 2.27. The fraction of sp³-hybridized carbons (Fsp3) is 0.786. The van der Waals surface area contributed by atoms with E-state index in [9.17, 15) is 0 Å². The molecule has 2 unspecified atom stereocenters. The van der Waals surface area contributed by atoms with E-state index in [2.05, 4.69) is 38.9 Å². The van der Waals surface area contributed by atoms with Gasteiger partial charge in [0.1, 0.15) is 0 Å². The molecule has 7 heteroatoms. The van der Waals surface area contributed by atoms with Gasteiger partial charge >= 0.3 is 0 Å². The van der Waals surface area contributed by atoms with E-state index in [1.807, 2.05) is 7.05 Å². The second-order valence-corrected chi connectivity index (χ2v) is 5.85. The Bertz CT molecular complexity index is 490. The zero-order valence-electron chi connectivity index (χ0n) is 13.0. The number of nitrogens with zero attached hydrogens (tertiary/aromatic N) is 5. The molecule has 0 radical (unpaired) electrons. The standard InChI is InChI=1S/C14H24N6O/c1-10-9-21-11(2)8-20(10)14-17-12(15-3)16-13(18-14)19-6-4-5-7-19/h10-11H,4-9H2,1-3H3,(H,15,16,17,18). The summed E-state index contributed by atoms with van der Waals surface area (Å²) in [4.78, 5) is 18.2. The van der Waals surface area contributed by atoms with Crippen LogP contribution in [0.4, 0.5) is 17.8 Å². The Kier molecular flexibility index (Phi) is 4.10. The first-order valence-corrected chi connectivity index (χ1v) is 7.74. The van der Waals surface area contributed by atoms with E-state index >= 15 is 0 Å². The van der Waals surface area contributed by atoms with Crippen LogP contribution in [-0.4, -0.2) is 60.4 Å². The SMILES string of the molecule is CNc1nc(N2CCCC2)nc(N2CC(C)OCC2C)n1. The minimum absolute atomic E-state index is 0.200. The van der Waals surface area contributed by atoms with Gasteiger partial charge in [0, 0.05) is 26.7 Å². The summed E-state index contributed by atoms with van der Waals surface area (Å²) in [6.07, 6.45) is 2.62. The first-order chi connectivity index (χ1) is 10.2. The van der Waals surface area contributed by atoms with Crippen molar-refractivity contribution in [1.29, 1.82) is 0 Å². The van der Waals surface area contributed by atoms with Gasteiger partial charge in [0.2, 0.25) is 17.8 Å². The Labute approximate surface area is 125 Å². The molecular weight excluding hydrogens is 268 g/mol. The van der Waals surface area contributed by atoms with Crippen LogP contribution in [0.15, 0.2) is 0 Å². The molecular formula is C14H24N6O. The van der Waals surface area contributed by atoms with Gasteiger partial charge in [0.15, 0.2) is 0 Å². The number of hydrogen-bond donors (Lipinski definition) is 1. The van der Waals surface area contributed by atoms with Crippen molar-refractivity contribution in [1.82, 2.24) is 15.0 Å². The first-order valence-electron chi connectivity index (χ1n) is 7.74. The summed E-state index contributed by atoms with van der Waals surface area (Å²) in [5.41, 5.74) is 0. The van der Waals surface area contributed by atoms with Gasteiger partial charge < -0.3 is 19.9 Å². The maximum Gasteiger partial charge on any atom is 0.232 e. The second-order valence-electron chi connectivity index (χ2n) is 5.85. The normalized spacial score (nSPS) is 26.2. The zero-order valence-corrected chi connectivity index (χ0v) is 13.0. The molecule has 0 amide bonds. The molecule has 0 spiro atoms. The topological polar surface area (TPSA) is 66.4 Å². The minimum Gasteiger partial charge on any atom is -0.375 e. The maximum absolute atomic E-state index is 5.69. The van der Waals surface area contributed by atoms with E-state index in [4.69, 9.17) is 9.72 Å². The molecule has 2 aliphatic heterocycles. The Morgan fingerprint density at radius 2 is 1.81 bits per heavy atom. The quantitative estimate of drug-likeness (QED) is 0.895. The van der Waals surface area contributed by atoms with E-state index in [1.54, 1.807) is 0 Å². The van der Waals surface area contributed by atoms with Crippen molar-refractivity contribution >= 4 is 17.8 Å². The fourth-order valence-electron chi connectivity index (χ4n) is 2.83. The van der Waals surface area contributed by atoms with Crippen LogP contribution < -0.4 is 15.1 Å². The van der Waals surface area contributed by atoms with E-state index in [0.717, 1.165) is 31.5 Å². The largest absolute Gasteiger partial charge is 0.375 e. The van der Waals surface area contributed by atoms with Gasteiger partial charge in [-0.25, -0.2) is 0 Å². The smallest absolute Gasteiger partial charge is 0.232 e. The molecule has 3 heterocycles. The van der Waals surface area contributed by atoms with Crippen LogP contribution in [0.2, 0.25) is 0 Å². The van der Waals surface area contributed by atoms with Crippen LogP contribution in [-0.2, 0) is 4.74 Å². The third-order valence-corrected chi connectivity index (χ3v) is 4.09. The molecule has 2 fully saturated rings. The Morgan fingerprint density at radius 3 is 2.52 bits per heavy atom. The molecule has 0 saturated carbocycles. The highest BCUT2D eigenvalue weighted by Crippen LogP contribution is 2.23. The summed E-state index contributed by atoms with van der Waals surface area (Å²) in [5, 5.41) is 3.05. The monoisotopic (exact) mass is 292 g/mol. The predicted molar refractivity (Wildman–Crippen MR) is 83.0 cm³/mol. The molecule has 3 rings (SSSR count). The zero-order chi connectivity index (χ0) is 14.8. The van der Waals surface area contributed by atoms with Crippen molar-refractivity contribution in [3.05, 3.63) is 0 Å². The average Bonchev–Trinajstić information content (AvgIpc) is 3.03. The van der Waals surface area contributed by atoms with E-state index in [1.165, 1.54) is 12.8 Å². The van der Waals surface area contributed by atoms with Gasteiger partial charge in [-0.05, 0) is 26.7 Å². The number of ether oxygens (including phenoxy) is 1. The van der Waals surface area contributed by atoms with Crippen LogP contribution in [0.5, 0.6) is 0 Å². The summed E-state index contributed by atoms with van der Waals surface area (Å²) >= 11 is 0. The molecule has 21 heavy (non-hydrogen) atoms. The molecule has 0 bridgehead atoms. The predicted octanol–water partition coefficient (Wildman–Crippen LogP) is 1.13. The van der Waals surface area contributed by atoms with Gasteiger partial charge in [0.25, 0.3) is 0 Å². The average molecular weight is 292 g/mol. The van der Waals surface area contributed by atoms with Gasteiger partial charge in [-0.15, -0.1) is 0 Å². The Morgan fingerprint density at radius 1 is 1.10 bits per heavy atom. The van der Waals surface area contributed by atoms with Crippen molar-refractivity contribution in [2.45, 2.75) is 38.8 Å². The van der Waals surface area contributed by atoms with Gasteiger partial charge in [-0.1, -0.05) is 0 Å². The fourth-order valence-corrected chi connectivity index (χ4v) is 2.83. The van der Waals surface area contributed by atoms with Gasteiger partial charge in [-0.2, -0.15) is 15.0 Å². The molecule has 2 aliphatic rings. The molecule has 1 aromatic heterocycles. The number of morpholine rings is 1. The van der Waals surface area contributed by atoms with Crippen molar-refractivity contribution in [2.24, 2.45) is 0 Å². The van der Waals surface area contributed by atoms with E-state index < -0.39 is 0 Å². The lowest BCUT2D eigenvalue weighted by molar-refractivity contribution is 0.0337. The van der Waals surface area contributed by atoms with Gasteiger partial charge in [0.05, 0.1) is 18.8 Å². The van der Waals surface area contributed by atoms with E-state index in [-0.39, 0.29) is 12.1 Å². The van der Waals surface area contributed by atoms with Crippen LogP contribution in [0.3, 0.4) is 0 Å². The number of rotatable bonds is 3. The highest BCUT2D eigenvalue weighted by atomic mass is 16.5. The summed E-state index contributed by atoms with van der Waals surface area (Å²) in [6, 6.07) is 0.278. The number of anilines is 3. The van der Waals surface area contributed by atoms with Crippen LogP contribution in [0.1, 0.15) is 26.7 Å². The van der Waals surface area contributed by atoms with Gasteiger partial charge in [-0.3, -0.25) is 0 Å². The van der Waals surface area contributed by atoms with Crippen molar-refractivity contribution < 1.29 is 4.74 Å². The third-order valence-electron chi connectivity index (χ3n) is 4.09. The molecule has 116 valence electrons. The maximum atomic E-state index is 5.69. The summed E-state index contributed by atoms with van der Waals surface area (Å²) in [7, 11) is 1.85. The lowest BCUT2D eigenvalue weighted by Gasteiger charge is -2.37. The Balaban J connectivity index is 1.91. The van der Waals surface area contributed by atoms with Crippen LogP contribution >= 0.6 is 0 Å². The summed E-state index contributed by atoms with van der Waals surface area (Å²) < 4.78 is 5.69. The van der Waals surface area contributed by atoms with Crippen LogP contribution in [0, 0.1) is 0 Å². The minimum atomic E-state index is 0.200. The first kappa shape index (κ1) is 14.3. The van der Waals surface area contributed by atoms with Crippen molar-refractivity contribution in [3.8, 4) is 0 Å². The molecule has 1 aromatic rings. The van der Waals surface area contributed by atoms with E-state index in [0.29, 0.717) is 12.6 Å². The van der Waals surface area contributed by atoms with Crippen molar-refractivity contribution in [2.75, 3.05) is 48.4 Å². The number of hydrogen-bond acceptors (Lipinski definition) is 7. The molecule has 1 N–H and O–H groups in total. The van der Waals surface area contributed by atoms with Crippen molar-refractivity contribution in [3.63, 3.8) is 0 Å². The highest BCUT2D eigenvalue weighted by molar-refractivity contribution is 5.46. The lowest BCUT2D eigenvalue weighted by Crippen LogP contribution is -2.48. The lowest BCUT2D eigenvalue weighted by atomic mass is 10.2. The molecule has 2 saturated heterocycles. The number of nitrogens with one attached hydrogen (secondary N) is 1.